The highest BCUT2D eigenvalue weighted by Crippen LogP contribution is 2.44. The van der Waals surface area contributed by atoms with Gasteiger partial charge in [0.15, 0.2) is 34.9 Å². The van der Waals surface area contributed by atoms with E-state index < -0.39 is 23.5 Å². The molecule has 0 fully saturated rings. The fourth-order valence-corrected chi connectivity index (χ4v) is 12.1. The molecule has 0 atom stereocenters. The first-order valence-corrected chi connectivity index (χ1v) is 29.1. The summed E-state index contributed by atoms with van der Waals surface area (Å²) in [6, 6.07) is 77.9. The average Bonchev–Trinajstić information content (AvgIpc) is 1.66. The summed E-state index contributed by atoms with van der Waals surface area (Å²) in [6.45, 7) is 3.84. The van der Waals surface area contributed by atoms with Crippen molar-refractivity contribution in [2.24, 2.45) is 0 Å². The summed E-state index contributed by atoms with van der Waals surface area (Å²) < 4.78 is 90.7. The summed E-state index contributed by atoms with van der Waals surface area (Å²) in [5, 5.41) is 2.25. The number of hydrogen-bond acceptors (Lipinski definition) is 6. The fraction of sp³-hybridized carbons (Fsp3) is 0.0526. The second kappa shape index (κ2) is 21.8. The molecule has 15 aromatic rings. The van der Waals surface area contributed by atoms with Gasteiger partial charge >= 0.3 is 12.4 Å². The Hall–Kier alpha value is -11.4. The van der Waals surface area contributed by atoms with Crippen LogP contribution in [-0.2, 0) is 12.4 Å². The number of rotatable bonds is 10. The van der Waals surface area contributed by atoms with Crippen molar-refractivity contribution >= 4 is 43.6 Å². The van der Waals surface area contributed by atoms with E-state index in [1.165, 1.54) is 24.3 Å². The van der Waals surface area contributed by atoms with Crippen LogP contribution in [0.1, 0.15) is 22.3 Å². The Morgan fingerprint density at radius 3 is 0.889 bits per heavy atom. The first-order valence-electron chi connectivity index (χ1n) is 29.1. The van der Waals surface area contributed by atoms with Crippen LogP contribution < -0.4 is 0 Å². The number of nitrogens with zero attached hydrogens (tertiary/aromatic N) is 8. The van der Waals surface area contributed by atoms with E-state index >= 15 is 0 Å². The van der Waals surface area contributed by atoms with Gasteiger partial charge in [0.25, 0.3) is 0 Å². The van der Waals surface area contributed by atoms with E-state index in [-0.39, 0.29) is 0 Å². The fourth-order valence-electron chi connectivity index (χ4n) is 12.1. The van der Waals surface area contributed by atoms with E-state index in [2.05, 4.69) is 6.07 Å². The first kappa shape index (κ1) is 55.2. The monoisotopic (exact) mass is 1190 g/mol. The zero-order valence-corrected chi connectivity index (χ0v) is 48.1. The zero-order valence-electron chi connectivity index (χ0n) is 48.1. The molecular formula is C76H48F6N8. The Morgan fingerprint density at radius 2 is 0.556 bits per heavy atom. The van der Waals surface area contributed by atoms with Crippen LogP contribution in [0.25, 0.3) is 146 Å². The Kier molecular flexibility index (Phi) is 13.4. The van der Waals surface area contributed by atoms with Gasteiger partial charge in [0.05, 0.1) is 33.2 Å². The van der Waals surface area contributed by atoms with Crippen molar-refractivity contribution in [1.82, 2.24) is 39.0 Å². The van der Waals surface area contributed by atoms with Gasteiger partial charge in [-0.3, -0.25) is 0 Å². The normalized spacial score (nSPS) is 12.0. The first-order chi connectivity index (χ1) is 43.7. The Bertz CT molecular complexity index is 4850. The molecule has 15 rings (SSSR count). The molecule has 0 amide bonds. The molecule has 0 unspecified atom stereocenters. The quantitative estimate of drug-likeness (QED) is 0.127. The van der Waals surface area contributed by atoms with Crippen LogP contribution in [0.3, 0.4) is 0 Å². The smallest absolute Gasteiger partial charge is 0.309 e. The van der Waals surface area contributed by atoms with E-state index in [1.807, 2.05) is 235 Å². The predicted molar refractivity (Wildman–Crippen MR) is 345 cm³/mol. The lowest BCUT2D eigenvalue weighted by molar-refractivity contribution is -0.138. The molecule has 90 heavy (non-hydrogen) atoms. The maximum atomic E-state index is 14.5. The van der Waals surface area contributed by atoms with Crippen LogP contribution in [-0.4, -0.2) is 39.0 Å². The standard InChI is InChI=1S/C76H48F6N8/c1-45-26-34-65-59(38-45)61-41-53(75(77,78)79)28-36-67(61)89(65)55-30-32-57(63(43-55)73-85-69(47-16-7-3-8-17-47)83-70(86-73)48-18-9-4-10-19-48)51-24-15-25-52(40-51)58-33-31-56(90-66-35-27-46(2)39-60(66)62-42-54(76(80,81)82)29-37-68(62)90)44-64(58)74-87-71(49-20-11-5-12-21-49)84-72(88-74)50-22-13-6-14-23-50/h3-44H,1-2H3. The maximum absolute atomic E-state index is 14.5. The highest BCUT2D eigenvalue weighted by Gasteiger charge is 2.33. The zero-order chi connectivity index (χ0) is 61.4. The van der Waals surface area contributed by atoms with Crippen LogP contribution >= 0.6 is 0 Å². The molecule has 0 saturated carbocycles. The molecule has 4 aromatic heterocycles. The second-order valence-electron chi connectivity index (χ2n) is 22.3. The second-order valence-corrected chi connectivity index (χ2v) is 22.3. The summed E-state index contributed by atoms with van der Waals surface area (Å²) in [6.07, 6.45) is -9.13. The number of aryl methyl sites for hydroxylation is 2. The molecule has 11 aromatic carbocycles. The molecule has 8 nitrogen and oxygen atoms in total. The third-order valence-corrected chi connectivity index (χ3v) is 16.4. The number of benzene rings is 11. The molecule has 0 aliphatic heterocycles. The molecular weight excluding hydrogens is 1140 g/mol. The summed E-state index contributed by atoms with van der Waals surface area (Å²) in [4.78, 5) is 31.0. The van der Waals surface area contributed by atoms with Gasteiger partial charge in [-0.2, -0.15) is 26.3 Å². The van der Waals surface area contributed by atoms with Crippen molar-refractivity contribution < 1.29 is 26.3 Å². The van der Waals surface area contributed by atoms with E-state index in [0.29, 0.717) is 101 Å². The molecule has 0 spiro atoms. The lowest BCUT2D eigenvalue weighted by Gasteiger charge is -2.18. The van der Waals surface area contributed by atoms with Crippen molar-refractivity contribution in [2.45, 2.75) is 26.2 Å². The van der Waals surface area contributed by atoms with Crippen molar-refractivity contribution in [1.29, 1.82) is 0 Å². The molecule has 0 aliphatic carbocycles. The van der Waals surface area contributed by atoms with Crippen LogP contribution in [0, 0.1) is 13.8 Å². The number of aromatic nitrogens is 8. The number of hydrogen-bond donors (Lipinski definition) is 0. The average molecular weight is 1190 g/mol. The maximum Gasteiger partial charge on any atom is 0.416 e. The largest absolute Gasteiger partial charge is 0.416 e. The summed E-state index contributed by atoms with van der Waals surface area (Å²) in [5.74, 6) is 2.43. The number of fused-ring (bicyclic) bond motifs is 6. The van der Waals surface area contributed by atoms with E-state index in [4.69, 9.17) is 29.9 Å². The lowest BCUT2D eigenvalue weighted by atomic mass is 9.92. The summed E-state index contributed by atoms with van der Waals surface area (Å²) in [7, 11) is 0. The molecule has 0 N–H and O–H groups in total. The molecule has 0 saturated heterocycles. The van der Waals surface area contributed by atoms with Crippen molar-refractivity contribution in [3.05, 3.63) is 277 Å². The van der Waals surface area contributed by atoms with E-state index in [1.54, 1.807) is 0 Å². The minimum absolute atomic E-state index is 0.349. The van der Waals surface area contributed by atoms with Crippen LogP contribution in [0.2, 0.25) is 0 Å². The number of alkyl halides is 6. The van der Waals surface area contributed by atoms with Gasteiger partial charge < -0.3 is 9.13 Å². The van der Waals surface area contributed by atoms with Gasteiger partial charge in [-0.05, 0) is 127 Å². The minimum atomic E-state index is -4.56. The van der Waals surface area contributed by atoms with E-state index in [0.717, 1.165) is 67.8 Å². The molecule has 4 heterocycles. The molecule has 434 valence electrons. The van der Waals surface area contributed by atoms with Gasteiger partial charge in [-0.15, -0.1) is 0 Å². The highest BCUT2D eigenvalue weighted by atomic mass is 19.4. The third-order valence-electron chi connectivity index (χ3n) is 16.4. The molecule has 0 bridgehead atoms. The Balaban J connectivity index is 0.978. The Labute approximate surface area is 511 Å². The molecule has 14 heteroatoms. The predicted octanol–water partition coefficient (Wildman–Crippen LogP) is 20.2. The van der Waals surface area contributed by atoms with E-state index in [9.17, 15) is 26.3 Å². The third kappa shape index (κ3) is 10.1. The number of halogens is 6. The molecule has 0 aliphatic rings. The minimum Gasteiger partial charge on any atom is -0.309 e. The van der Waals surface area contributed by atoms with Crippen molar-refractivity contribution in [3.8, 4) is 102 Å². The lowest BCUT2D eigenvalue weighted by Crippen LogP contribution is -2.04. The summed E-state index contributed by atoms with van der Waals surface area (Å²) in [5.41, 5.74) is 11.5. The van der Waals surface area contributed by atoms with Gasteiger partial charge in [-0.1, -0.05) is 175 Å². The SMILES string of the molecule is Cc1ccc2c(c1)c1cc(C(F)(F)F)ccc1n2-c1ccc(-c2cccc(-c3ccc(-n4c5ccc(C)cc5c5cc(C(F)(F)F)ccc54)cc3-c3nc(-c4ccccc4)nc(-c4ccccc4)n3)c2)c(-c2nc(-c3ccccc3)nc(-c3ccccc3)n2)c1. The summed E-state index contributed by atoms with van der Waals surface area (Å²) >= 11 is 0. The van der Waals surface area contributed by atoms with Crippen LogP contribution in [0.4, 0.5) is 26.3 Å². The van der Waals surface area contributed by atoms with Gasteiger partial charge in [0.1, 0.15) is 0 Å². The van der Waals surface area contributed by atoms with Crippen molar-refractivity contribution in [2.75, 3.05) is 0 Å². The van der Waals surface area contributed by atoms with Gasteiger partial charge in [-0.25, -0.2) is 29.9 Å². The van der Waals surface area contributed by atoms with Crippen LogP contribution in [0.5, 0.6) is 0 Å². The van der Waals surface area contributed by atoms with Gasteiger partial charge in [0, 0.05) is 66.3 Å². The van der Waals surface area contributed by atoms with Crippen molar-refractivity contribution in [3.63, 3.8) is 0 Å². The van der Waals surface area contributed by atoms with Crippen LogP contribution in [0.15, 0.2) is 255 Å². The molecule has 0 radical (unpaired) electrons. The highest BCUT2D eigenvalue weighted by molar-refractivity contribution is 6.11. The van der Waals surface area contributed by atoms with Gasteiger partial charge in [0.2, 0.25) is 0 Å². The Morgan fingerprint density at radius 1 is 0.256 bits per heavy atom. The topological polar surface area (TPSA) is 87.2 Å².